The lowest BCUT2D eigenvalue weighted by Crippen LogP contribution is -2.26. The van der Waals surface area contributed by atoms with Crippen molar-refractivity contribution < 1.29 is 14.1 Å². The zero-order valence-electron chi connectivity index (χ0n) is 15.7. The van der Waals surface area contributed by atoms with E-state index >= 15 is 0 Å². The standard InChI is InChI=1S/C22H16ClN3O4/c23-20-13-17(26(28)29)6-8-19(20)21-9-7-18(30-21)12-16(14-24)22(27)25-11-10-15-4-2-1-3-5-15/h1-9,12-13H,10-11H2,(H,25,27). The number of benzene rings is 2. The molecule has 150 valence electrons. The van der Waals surface area contributed by atoms with E-state index in [9.17, 15) is 20.2 Å². The second-order valence-corrected chi connectivity index (χ2v) is 6.69. The van der Waals surface area contributed by atoms with Gasteiger partial charge in [0.1, 0.15) is 23.2 Å². The molecule has 0 atom stereocenters. The maximum Gasteiger partial charge on any atom is 0.270 e. The van der Waals surface area contributed by atoms with Crippen molar-refractivity contribution in [2.75, 3.05) is 6.54 Å². The molecule has 0 fully saturated rings. The Kier molecular flexibility index (Phi) is 6.63. The number of nitriles is 1. The van der Waals surface area contributed by atoms with Gasteiger partial charge < -0.3 is 9.73 Å². The molecule has 0 bridgehead atoms. The van der Waals surface area contributed by atoms with Gasteiger partial charge in [-0.05, 0) is 30.2 Å². The Labute approximate surface area is 177 Å². The molecule has 3 rings (SSSR count). The van der Waals surface area contributed by atoms with Crippen LogP contribution in [0.3, 0.4) is 0 Å². The Balaban J connectivity index is 1.69. The number of furan rings is 1. The highest BCUT2D eigenvalue weighted by Gasteiger charge is 2.14. The molecule has 1 amide bonds. The minimum absolute atomic E-state index is 0.0984. The Hall–Kier alpha value is -3.89. The SMILES string of the molecule is N#CC(=Cc1ccc(-c2ccc([N+](=O)[O-])cc2Cl)o1)C(=O)NCCc1ccccc1. The quantitative estimate of drug-likeness (QED) is 0.255. The number of nitrogens with one attached hydrogen (secondary N) is 1. The number of non-ortho nitro benzene ring substituents is 1. The van der Waals surface area contributed by atoms with Crippen molar-refractivity contribution in [2.45, 2.75) is 6.42 Å². The third-order valence-electron chi connectivity index (χ3n) is 4.25. The number of carbonyl (C=O) groups excluding carboxylic acids is 1. The van der Waals surface area contributed by atoms with E-state index in [1.807, 2.05) is 36.4 Å². The zero-order chi connectivity index (χ0) is 21.5. The molecule has 3 aromatic rings. The van der Waals surface area contributed by atoms with Gasteiger partial charge in [0, 0.05) is 30.3 Å². The van der Waals surface area contributed by atoms with Gasteiger partial charge in [-0.2, -0.15) is 5.26 Å². The topological polar surface area (TPSA) is 109 Å². The average molecular weight is 422 g/mol. The van der Waals surface area contributed by atoms with Crippen LogP contribution < -0.4 is 5.32 Å². The van der Waals surface area contributed by atoms with Crippen LogP contribution in [-0.4, -0.2) is 17.4 Å². The third-order valence-corrected chi connectivity index (χ3v) is 4.56. The number of carbonyl (C=O) groups is 1. The summed E-state index contributed by atoms with van der Waals surface area (Å²) in [5.41, 5.74) is 1.32. The van der Waals surface area contributed by atoms with E-state index in [1.165, 1.54) is 24.3 Å². The minimum atomic E-state index is -0.540. The number of halogens is 1. The average Bonchev–Trinajstić information content (AvgIpc) is 3.20. The van der Waals surface area contributed by atoms with Gasteiger partial charge in [0.2, 0.25) is 0 Å². The molecule has 0 spiro atoms. The minimum Gasteiger partial charge on any atom is -0.457 e. The highest BCUT2D eigenvalue weighted by molar-refractivity contribution is 6.33. The Morgan fingerprint density at radius 3 is 2.63 bits per heavy atom. The van der Waals surface area contributed by atoms with Gasteiger partial charge in [-0.15, -0.1) is 0 Å². The first kappa shape index (κ1) is 20.8. The fraction of sp³-hybridized carbons (Fsp3) is 0.0909. The molecule has 1 heterocycles. The molecule has 0 aliphatic heterocycles. The van der Waals surface area contributed by atoms with Gasteiger partial charge in [-0.25, -0.2) is 0 Å². The Morgan fingerprint density at radius 2 is 1.97 bits per heavy atom. The van der Waals surface area contributed by atoms with Gasteiger partial charge in [-0.3, -0.25) is 14.9 Å². The van der Waals surface area contributed by atoms with E-state index < -0.39 is 10.8 Å². The van der Waals surface area contributed by atoms with Crippen LogP contribution in [0.4, 0.5) is 5.69 Å². The highest BCUT2D eigenvalue weighted by Crippen LogP contribution is 2.32. The summed E-state index contributed by atoms with van der Waals surface area (Å²) in [6.45, 7) is 0.393. The molecule has 7 nitrogen and oxygen atoms in total. The normalized spacial score (nSPS) is 11.0. The highest BCUT2D eigenvalue weighted by atomic mass is 35.5. The number of hydrogen-bond acceptors (Lipinski definition) is 5. The number of nitrogens with zero attached hydrogens (tertiary/aromatic N) is 2. The summed E-state index contributed by atoms with van der Waals surface area (Å²) in [6, 6.07) is 18.8. The molecule has 1 aromatic heterocycles. The van der Waals surface area contributed by atoms with Crippen molar-refractivity contribution in [3.8, 4) is 17.4 Å². The Bertz CT molecular complexity index is 1150. The first-order valence-corrected chi connectivity index (χ1v) is 9.34. The molecule has 2 aromatic carbocycles. The smallest absolute Gasteiger partial charge is 0.270 e. The fourth-order valence-corrected chi connectivity index (χ4v) is 3.01. The van der Waals surface area contributed by atoms with E-state index in [2.05, 4.69) is 5.32 Å². The van der Waals surface area contributed by atoms with Crippen LogP contribution in [0.15, 0.2) is 70.7 Å². The molecular formula is C22H16ClN3O4. The lowest BCUT2D eigenvalue weighted by atomic mass is 10.1. The van der Waals surface area contributed by atoms with Crippen molar-refractivity contribution in [3.05, 3.63) is 92.7 Å². The van der Waals surface area contributed by atoms with Crippen LogP contribution in [0.2, 0.25) is 5.02 Å². The molecule has 0 radical (unpaired) electrons. The van der Waals surface area contributed by atoms with Gasteiger partial charge >= 0.3 is 0 Å². The van der Waals surface area contributed by atoms with E-state index in [-0.39, 0.29) is 22.0 Å². The maximum absolute atomic E-state index is 12.3. The van der Waals surface area contributed by atoms with Gasteiger partial charge in [0.05, 0.1) is 9.95 Å². The van der Waals surface area contributed by atoms with E-state index in [0.29, 0.717) is 24.3 Å². The molecule has 0 aliphatic rings. The number of amides is 1. The summed E-state index contributed by atoms with van der Waals surface area (Å²) in [5.74, 6) is 0.150. The fourth-order valence-electron chi connectivity index (χ4n) is 2.74. The maximum atomic E-state index is 12.3. The molecule has 0 saturated heterocycles. The van der Waals surface area contributed by atoms with Crippen LogP contribution in [0.1, 0.15) is 11.3 Å². The van der Waals surface area contributed by atoms with Crippen LogP contribution in [0, 0.1) is 21.4 Å². The first-order chi connectivity index (χ1) is 14.5. The number of nitro benzene ring substituents is 1. The molecular weight excluding hydrogens is 406 g/mol. The summed E-state index contributed by atoms with van der Waals surface area (Å²) in [4.78, 5) is 22.6. The lowest BCUT2D eigenvalue weighted by Gasteiger charge is -2.04. The number of hydrogen-bond donors (Lipinski definition) is 1. The van der Waals surface area contributed by atoms with E-state index in [0.717, 1.165) is 5.56 Å². The molecule has 0 unspecified atom stereocenters. The van der Waals surface area contributed by atoms with E-state index in [4.69, 9.17) is 16.0 Å². The van der Waals surface area contributed by atoms with Crippen molar-refractivity contribution in [2.24, 2.45) is 0 Å². The first-order valence-electron chi connectivity index (χ1n) is 8.96. The Morgan fingerprint density at radius 1 is 1.20 bits per heavy atom. The van der Waals surface area contributed by atoms with Gasteiger partial charge in [0.25, 0.3) is 11.6 Å². The van der Waals surface area contributed by atoms with Crippen molar-refractivity contribution in [1.82, 2.24) is 5.32 Å². The summed E-state index contributed by atoms with van der Waals surface area (Å²) in [6.07, 6.45) is 1.98. The molecule has 1 N–H and O–H groups in total. The lowest BCUT2D eigenvalue weighted by molar-refractivity contribution is -0.384. The van der Waals surface area contributed by atoms with Crippen LogP contribution >= 0.6 is 11.6 Å². The molecule has 30 heavy (non-hydrogen) atoms. The van der Waals surface area contributed by atoms with Crippen LogP contribution in [0.5, 0.6) is 0 Å². The predicted molar refractivity (Wildman–Crippen MR) is 113 cm³/mol. The summed E-state index contributed by atoms with van der Waals surface area (Å²) < 4.78 is 5.65. The monoisotopic (exact) mass is 421 g/mol. The van der Waals surface area contributed by atoms with Crippen LogP contribution in [-0.2, 0) is 11.2 Å². The second-order valence-electron chi connectivity index (χ2n) is 6.28. The largest absolute Gasteiger partial charge is 0.457 e. The summed E-state index contributed by atoms with van der Waals surface area (Å²) >= 11 is 6.11. The van der Waals surface area contributed by atoms with Gasteiger partial charge in [0.15, 0.2) is 0 Å². The molecule has 8 heteroatoms. The van der Waals surface area contributed by atoms with Crippen molar-refractivity contribution in [3.63, 3.8) is 0 Å². The summed E-state index contributed by atoms with van der Waals surface area (Å²) in [5, 5.41) is 23.0. The number of nitro groups is 1. The zero-order valence-corrected chi connectivity index (χ0v) is 16.4. The van der Waals surface area contributed by atoms with Crippen molar-refractivity contribution >= 4 is 29.3 Å². The van der Waals surface area contributed by atoms with Crippen LogP contribution in [0.25, 0.3) is 17.4 Å². The second kappa shape index (κ2) is 9.54. The molecule has 0 aliphatic carbocycles. The third kappa shape index (κ3) is 5.13. The molecule has 0 saturated carbocycles. The predicted octanol–water partition coefficient (Wildman–Crippen LogP) is 4.77. The van der Waals surface area contributed by atoms with Gasteiger partial charge in [-0.1, -0.05) is 41.9 Å². The van der Waals surface area contributed by atoms with Crippen molar-refractivity contribution in [1.29, 1.82) is 5.26 Å². The van der Waals surface area contributed by atoms with E-state index in [1.54, 1.807) is 12.1 Å². The number of rotatable bonds is 7. The summed E-state index contributed by atoms with van der Waals surface area (Å²) in [7, 11) is 0.